The summed E-state index contributed by atoms with van der Waals surface area (Å²) in [5.41, 5.74) is 7.38. The summed E-state index contributed by atoms with van der Waals surface area (Å²) in [5.74, 6) is -1.49. The second-order valence-corrected chi connectivity index (χ2v) is 9.82. The Bertz CT molecular complexity index is 1070. The Hall–Kier alpha value is -2.42. The minimum atomic E-state index is -3.59. The molecule has 0 radical (unpaired) electrons. The van der Waals surface area contributed by atoms with Gasteiger partial charge in [-0.05, 0) is 55.2 Å². The molecule has 0 aliphatic carbocycles. The molecule has 30 heavy (non-hydrogen) atoms. The molecule has 0 bridgehead atoms. The lowest BCUT2D eigenvalue weighted by atomic mass is 9.98. The third-order valence-corrected chi connectivity index (χ3v) is 7.30. The van der Waals surface area contributed by atoms with E-state index in [4.69, 9.17) is 17.3 Å². The van der Waals surface area contributed by atoms with Crippen LogP contribution >= 0.6 is 11.6 Å². The van der Waals surface area contributed by atoms with Gasteiger partial charge in [0.1, 0.15) is 0 Å². The van der Waals surface area contributed by atoms with Gasteiger partial charge in [0.25, 0.3) is 0 Å². The summed E-state index contributed by atoms with van der Waals surface area (Å²) in [6, 6.07) is 11.7. The number of hydrogen-bond acceptors (Lipinski definition) is 4. The maximum atomic E-state index is 12.9. The molecular formula is C21H24ClN3O4S. The Kier molecular flexibility index (Phi) is 6.80. The number of nitrogens with one attached hydrogen (secondary N) is 1. The van der Waals surface area contributed by atoms with Crippen LogP contribution in [0.4, 0.5) is 5.69 Å². The topological polar surface area (TPSA) is 110 Å². The number of primary amides is 1. The Morgan fingerprint density at radius 3 is 2.67 bits per heavy atom. The van der Waals surface area contributed by atoms with E-state index in [0.29, 0.717) is 46.8 Å². The van der Waals surface area contributed by atoms with Gasteiger partial charge in [0.05, 0.1) is 11.7 Å². The number of hydrogen-bond donors (Lipinski definition) is 2. The fourth-order valence-electron chi connectivity index (χ4n) is 3.61. The van der Waals surface area contributed by atoms with Crippen molar-refractivity contribution in [2.75, 3.05) is 18.4 Å². The first kappa shape index (κ1) is 22.3. The van der Waals surface area contributed by atoms with E-state index in [1.807, 2.05) is 0 Å². The Labute approximate surface area is 181 Å². The summed E-state index contributed by atoms with van der Waals surface area (Å²) >= 11 is 5.95. The van der Waals surface area contributed by atoms with Crippen LogP contribution in [0.2, 0.25) is 5.02 Å². The smallest absolute Gasteiger partial charge is 0.249 e. The molecule has 2 amide bonds. The summed E-state index contributed by atoms with van der Waals surface area (Å²) in [4.78, 5) is 24.3. The first-order valence-electron chi connectivity index (χ1n) is 9.60. The molecule has 160 valence electrons. The van der Waals surface area contributed by atoms with Gasteiger partial charge >= 0.3 is 0 Å². The molecule has 3 N–H and O–H groups in total. The standard InChI is InChI=1S/C21H24ClN3O4S/c1-14-18(20(23)26)8-3-9-19(14)24-21(27)16-6-4-10-25(12-16)30(28,29)13-15-5-2-7-17(22)11-15/h2-3,5,7-9,11,16H,4,6,10,12-13H2,1H3,(H2,23,26)(H,24,27). The number of halogens is 1. The van der Waals surface area contributed by atoms with Gasteiger partial charge in [0, 0.05) is 29.4 Å². The molecule has 1 aliphatic heterocycles. The molecule has 1 saturated heterocycles. The minimum absolute atomic E-state index is 0.114. The molecule has 0 aromatic heterocycles. The first-order chi connectivity index (χ1) is 14.2. The average molecular weight is 450 g/mol. The van der Waals surface area contributed by atoms with Gasteiger partial charge in [-0.2, -0.15) is 0 Å². The zero-order chi connectivity index (χ0) is 21.9. The summed E-state index contributed by atoms with van der Waals surface area (Å²) in [5, 5.41) is 3.30. The van der Waals surface area contributed by atoms with Crippen molar-refractivity contribution in [3.05, 3.63) is 64.2 Å². The molecule has 1 unspecified atom stereocenters. The van der Waals surface area contributed by atoms with E-state index in [0.717, 1.165) is 0 Å². The van der Waals surface area contributed by atoms with Crippen LogP contribution in [0.5, 0.6) is 0 Å². The second-order valence-electron chi connectivity index (χ2n) is 7.41. The molecule has 0 spiro atoms. The number of carbonyl (C=O) groups excluding carboxylic acids is 2. The SMILES string of the molecule is Cc1c(NC(=O)C2CCCN(S(=O)(=O)Cc3cccc(Cl)c3)C2)cccc1C(N)=O. The highest BCUT2D eigenvalue weighted by molar-refractivity contribution is 7.88. The lowest BCUT2D eigenvalue weighted by molar-refractivity contribution is -0.120. The number of amides is 2. The number of carbonyl (C=O) groups is 2. The molecule has 1 atom stereocenters. The predicted octanol–water partition coefficient (Wildman–Crippen LogP) is 2.93. The van der Waals surface area contributed by atoms with Crippen molar-refractivity contribution in [2.24, 2.45) is 11.7 Å². The highest BCUT2D eigenvalue weighted by Gasteiger charge is 2.32. The van der Waals surface area contributed by atoms with E-state index in [1.165, 1.54) is 4.31 Å². The van der Waals surface area contributed by atoms with Crippen LogP contribution in [-0.4, -0.2) is 37.6 Å². The van der Waals surface area contributed by atoms with E-state index in [2.05, 4.69) is 5.32 Å². The van der Waals surface area contributed by atoms with E-state index < -0.39 is 21.8 Å². The molecular weight excluding hydrogens is 426 g/mol. The van der Waals surface area contributed by atoms with Crippen molar-refractivity contribution in [2.45, 2.75) is 25.5 Å². The summed E-state index contributed by atoms with van der Waals surface area (Å²) in [6.45, 7) is 2.20. The van der Waals surface area contributed by atoms with Crippen LogP contribution in [0.1, 0.15) is 34.3 Å². The normalized spacial score (nSPS) is 17.5. The van der Waals surface area contributed by atoms with Gasteiger partial charge in [-0.1, -0.05) is 29.8 Å². The maximum Gasteiger partial charge on any atom is 0.249 e. The van der Waals surface area contributed by atoms with Crippen LogP contribution in [0.15, 0.2) is 42.5 Å². The molecule has 0 saturated carbocycles. The molecule has 1 heterocycles. The number of rotatable bonds is 6. The number of nitrogens with two attached hydrogens (primary N) is 1. The van der Waals surface area contributed by atoms with Gasteiger partial charge in [-0.15, -0.1) is 0 Å². The maximum absolute atomic E-state index is 12.9. The van der Waals surface area contributed by atoms with Crippen LogP contribution in [-0.2, 0) is 20.6 Å². The van der Waals surface area contributed by atoms with Gasteiger partial charge in [-0.3, -0.25) is 9.59 Å². The fourth-order valence-corrected chi connectivity index (χ4v) is 5.42. The predicted molar refractivity (Wildman–Crippen MR) is 117 cm³/mol. The number of nitrogens with zero attached hydrogens (tertiary/aromatic N) is 1. The van der Waals surface area contributed by atoms with E-state index in [1.54, 1.807) is 49.4 Å². The van der Waals surface area contributed by atoms with Crippen molar-refractivity contribution >= 4 is 39.1 Å². The molecule has 9 heteroatoms. The van der Waals surface area contributed by atoms with Crippen LogP contribution in [0, 0.1) is 12.8 Å². The number of piperidine rings is 1. The van der Waals surface area contributed by atoms with E-state index in [9.17, 15) is 18.0 Å². The molecule has 2 aromatic rings. The average Bonchev–Trinajstić information content (AvgIpc) is 2.69. The summed E-state index contributed by atoms with van der Waals surface area (Å²) in [6.07, 6.45) is 1.18. The van der Waals surface area contributed by atoms with Crippen LogP contribution in [0.3, 0.4) is 0 Å². The Morgan fingerprint density at radius 1 is 1.23 bits per heavy atom. The number of benzene rings is 2. The second kappa shape index (κ2) is 9.16. The van der Waals surface area contributed by atoms with Crippen molar-refractivity contribution in [1.82, 2.24) is 4.31 Å². The van der Waals surface area contributed by atoms with Crippen LogP contribution < -0.4 is 11.1 Å². The third-order valence-electron chi connectivity index (χ3n) is 5.24. The van der Waals surface area contributed by atoms with Gasteiger partial charge in [0.15, 0.2) is 0 Å². The van der Waals surface area contributed by atoms with Crippen molar-refractivity contribution in [1.29, 1.82) is 0 Å². The largest absolute Gasteiger partial charge is 0.366 e. The summed E-state index contributed by atoms with van der Waals surface area (Å²) < 4.78 is 27.1. The highest BCUT2D eigenvalue weighted by Crippen LogP contribution is 2.25. The summed E-state index contributed by atoms with van der Waals surface area (Å²) in [7, 11) is -3.59. The van der Waals surface area contributed by atoms with Gasteiger partial charge < -0.3 is 11.1 Å². The van der Waals surface area contributed by atoms with Gasteiger partial charge in [0.2, 0.25) is 21.8 Å². The molecule has 7 nitrogen and oxygen atoms in total. The number of anilines is 1. The van der Waals surface area contributed by atoms with Crippen molar-refractivity contribution in [3.8, 4) is 0 Å². The zero-order valence-corrected chi connectivity index (χ0v) is 18.2. The molecule has 1 aliphatic rings. The fraction of sp³-hybridized carbons (Fsp3) is 0.333. The van der Waals surface area contributed by atoms with Crippen molar-refractivity contribution in [3.63, 3.8) is 0 Å². The van der Waals surface area contributed by atoms with E-state index >= 15 is 0 Å². The Morgan fingerprint density at radius 2 is 1.97 bits per heavy atom. The lowest BCUT2D eigenvalue weighted by Gasteiger charge is -2.31. The Balaban J connectivity index is 1.70. The molecule has 3 rings (SSSR count). The van der Waals surface area contributed by atoms with Crippen LogP contribution in [0.25, 0.3) is 0 Å². The minimum Gasteiger partial charge on any atom is -0.366 e. The van der Waals surface area contributed by atoms with Crippen molar-refractivity contribution < 1.29 is 18.0 Å². The molecule has 2 aromatic carbocycles. The lowest BCUT2D eigenvalue weighted by Crippen LogP contribution is -2.44. The van der Waals surface area contributed by atoms with E-state index in [-0.39, 0.29) is 18.2 Å². The highest BCUT2D eigenvalue weighted by atomic mass is 35.5. The monoisotopic (exact) mass is 449 g/mol. The zero-order valence-electron chi connectivity index (χ0n) is 16.6. The first-order valence-corrected chi connectivity index (χ1v) is 11.6. The number of sulfonamides is 1. The van der Waals surface area contributed by atoms with Gasteiger partial charge in [-0.25, -0.2) is 12.7 Å². The quantitative estimate of drug-likeness (QED) is 0.706. The third kappa shape index (κ3) is 5.19. The molecule has 1 fully saturated rings.